The average molecular weight is 412 g/mol. The van der Waals surface area contributed by atoms with Crippen molar-refractivity contribution in [1.29, 1.82) is 5.26 Å². The number of hydrogen-bond acceptors (Lipinski definition) is 6. The number of aromatic nitrogens is 3. The van der Waals surface area contributed by atoms with Crippen molar-refractivity contribution in [3.63, 3.8) is 0 Å². The molecule has 2 aromatic carbocycles. The average Bonchev–Trinajstić information content (AvgIpc) is 3.19. The maximum Gasteiger partial charge on any atom is 0.197 e. The van der Waals surface area contributed by atoms with Crippen LogP contribution in [0.4, 0.5) is 16.6 Å². The van der Waals surface area contributed by atoms with Gasteiger partial charge in [0, 0.05) is 16.2 Å². The summed E-state index contributed by atoms with van der Waals surface area (Å²) in [5.41, 5.74) is 2.45. The Balaban J connectivity index is 1.98. The molecule has 30 heavy (non-hydrogen) atoms. The number of rotatable bonds is 4. The zero-order valence-electron chi connectivity index (χ0n) is 17.1. The van der Waals surface area contributed by atoms with Crippen LogP contribution in [-0.2, 0) is 5.41 Å². The largest absolute Gasteiger partial charge is 0.268 e. The molecule has 0 amide bonds. The summed E-state index contributed by atoms with van der Waals surface area (Å²) in [6, 6.07) is 18.3. The van der Waals surface area contributed by atoms with E-state index in [1.165, 1.54) is 11.3 Å². The molecule has 2 aromatic heterocycles. The Morgan fingerprint density at radius 2 is 1.83 bits per heavy atom. The quantitative estimate of drug-likeness (QED) is 0.390. The van der Waals surface area contributed by atoms with Gasteiger partial charge in [0.05, 0.1) is 17.6 Å². The van der Waals surface area contributed by atoms with Crippen molar-refractivity contribution < 1.29 is 0 Å². The molecule has 0 saturated carbocycles. The summed E-state index contributed by atoms with van der Waals surface area (Å²) in [5, 5.41) is 21.1. The molecule has 148 valence electrons. The number of benzene rings is 2. The number of thiazole rings is 1. The summed E-state index contributed by atoms with van der Waals surface area (Å²) in [6.45, 7) is 10.0. The first-order valence-corrected chi connectivity index (χ1v) is 10.4. The first kappa shape index (κ1) is 19.7. The van der Waals surface area contributed by atoms with E-state index in [9.17, 15) is 5.26 Å². The van der Waals surface area contributed by atoms with Crippen LogP contribution in [0.3, 0.4) is 0 Å². The standard InChI is InChI=1S/C24H21N5S/c1-5-16-10-12-18(13-11-16)29(22-19-9-7-6-8-17(19)15-26-28-22)23-27-21(24(2,3)4)20(14-25)30-23/h5-13,15H,1H2,2-4H3. The molecule has 5 nitrogen and oxygen atoms in total. The SMILES string of the molecule is C=Cc1ccc(N(c2nc(C(C)(C)C)c(C#N)s2)c2nncc3ccccc23)cc1. The van der Waals surface area contributed by atoms with Crippen LogP contribution in [0.5, 0.6) is 0 Å². The zero-order chi connectivity index (χ0) is 21.3. The maximum atomic E-state index is 9.72. The number of nitrogens with zero attached hydrogens (tertiary/aromatic N) is 5. The number of fused-ring (bicyclic) bond motifs is 1. The van der Waals surface area contributed by atoms with Gasteiger partial charge >= 0.3 is 0 Å². The lowest BCUT2D eigenvalue weighted by molar-refractivity contribution is 0.571. The van der Waals surface area contributed by atoms with E-state index in [1.54, 1.807) is 12.3 Å². The fraction of sp³-hybridized carbons (Fsp3) is 0.167. The van der Waals surface area contributed by atoms with Gasteiger partial charge in [0.25, 0.3) is 0 Å². The minimum absolute atomic E-state index is 0.247. The maximum absolute atomic E-state index is 9.72. The fourth-order valence-corrected chi connectivity index (χ4v) is 4.35. The molecule has 2 heterocycles. The summed E-state index contributed by atoms with van der Waals surface area (Å²) >= 11 is 1.37. The smallest absolute Gasteiger partial charge is 0.197 e. The van der Waals surface area contributed by atoms with Gasteiger partial charge in [0.1, 0.15) is 10.9 Å². The van der Waals surface area contributed by atoms with Crippen molar-refractivity contribution in [3.05, 3.63) is 77.4 Å². The Labute approximate surface area is 180 Å². The highest BCUT2D eigenvalue weighted by atomic mass is 32.1. The Kier molecular flexibility index (Phi) is 5.06. The van der Waals surface area contributed by atoms with Gasteiger partial charge in [-0.3, -0.25) is 4.90 Å². The molecule has 6 heteroatoms. The van der Waals surface area contributed by atoms with Gasteiger partial charge in [0.2, 0.25) is 0 Å². The van der Waals surface area contributed by atoms with Crippen LogP contribution in [0.2, 0.25) is 0 Å². The molecule has 0 aliphatic heterocycles. The fourth-order valence-electron chi connectivity index (χ4n) is 3.25. The second-order valence-electron chi connectivity index (χ2n) is 7.92. The summed E-state index contributed by atoms with van der Waals surface area (Å²) in [4.78, 5) is 7.47. The predicted octanol–water partition coefficient (Wildman–Crippen LogP) is 6.37. The number of anilines is 3. The van der Waals surface area contributed by atoms with Crippen molar-refractivity contribution in [1.82, 2.24) is 15.2 Å². The van der Waals surface area contributed by atoms with Crippen LogP contribution in [0.25, 0.3) is 16.8 Å². The van der Waals surface area contributed by atoms with Gasteiger partial charge in [-0.15, -0.1) is 5.10 Å². The molecule has 0 aliphatic carbocycles. The first-order valence-electron chi connectivity index (χ1n) is 9.57. The van der Waals surface area contributed by atoms with Gasteiger partial charge in [-0.1, -0.05) is 81.2 Å². The minimum Gasteiger partial charge on any atom is -0.268 e. The molecule has 0 radical (unpaired) electrons. The lowest BCUT2D eigenvalue weighted by atomic mass is 9.91. The molecule has 0 bridgehead atoms. The minimum atomic E-state index is -0.247. The van der Waals surface area contributed by atoms with Crippen molar-refractivity contribution in [2.75, 3.05) is 4.90 Å². The number of nitriles is 1. The van der Waals surface area contributed by atoms with Crippen LogP contribution < -0.4 is 4.90 Å². The summed E-state index contributed by atoms with van der Waals surface area (Å²) in [5.74, 6) is 0.679. The molecule has 0 N–H and O–H groups in total. The van der Waals surface area contributed by atoms with Crippen LogP contribution in [0.1, 0.15) is 36.9 Å². The van der Waals surface area contributed by atoms with Crippen molar-refractivity contribution in [3.8, 4) is 6.07 Å². The third-order valence-corrected chi connectivity index (χ3v) is 5.71. The normalized spacial score (nSPS) is 11.3. The third-order valence-electron chi connectivity index (χ3n) is 4.77. The number of hydrogen-bond donors (Lipinski definition) is 0. The Morgan fingerprint density at radius 1 is 1.10 bits per heavy atom. The molecule has 0 aliphatic rings. The van der Waals surface area contributed by atoms with Gasteiger partial charge < -0.3 is 0 Å². The zero-order valence-corrected chi connectivity index (χ0v) is 17.9. The summed E-state index contributed by atoms with van der Waals surface area (Å²) in [7, 11) is 0. The molecule has 4 rings (SSSR count). The van der Waals surface area contributed by atoms with E-state index in [4.69, 9.17) is 4.98 Å². The topological polar surface area (TPSA) is 65.7 Å². The van der Waals surface area contributed by atoms with Crippen molar-refractivity contribution >= 4 is 44.8 Å². The van der Waals surface area contributed by atoms with Crippen LogP contribution in [0.15, 0.2) is 61.3 Å². The molecule has 0 atom stereocenters. The van der Waals surface area contributed by atoms with E-state index >= 15 is 0 Å². The molecule has 0 spiro atoms. The van der Waals surface area contributed by atoms with Gasteiger partial charge in [0.15, 0.2) is 10.9 Å². The van der Waals surface area contributed by atoms with Crippen LogP contribution in [0, 0.1) is 11.3 Å². The van der Waals surface area contributed by atoms with Gasteiger partial charge in [-0.25, -0.2) is 4.98 Å². The summed E-state index contributed by atoms with van der Waals surface area (Å²) < 4.78 is 0. The molecule has 0 unspecified atom stereocenters. The van der Waals surface area contributed by atoms with Crippen LogP contribution >= 0.6 is 11.3 Å². The predicted molar refractivity (Wildman–Crippen MR) is 123 cm³/mol. The monoisotopic (exact) mass is 411 g/mol. The first-order chi connectivity index (χ1) is 14.4. The van der Waals surface area contributed by atoms with E-state index in [1.807, 2.05) is 53.4 Å². The second-order valence-corrected chi connectivity index (χ2v) is 8.90. The molecule has 0 saturated heterocycles. The van der Waals surface area contributed by atoms with E-state index in [-0.39, 0.29) is 5.41 Å². The van der Waals surface area contributed by atoms with E-state index < -0.39 is 0 Å². The van der Waals surface area contributed by atoms with Gasteiger partial charge in [-0.2, -0.15) is 10.4 Å². The highest BCUT2D eigenvalue weighted by Gasteiger charge is 2.27. The van der Waals surface area contributed by atoms with Crippen molar-refractivity contribution in [2.45, 2.75) is 26.2 Å². The highest BCUT2D eigenvalue weighted by molar-refractivity contribution is 7.16. The Bertz CT molecular complexity index is 1250. The lowest BCUT2D eigenvalue weighted by Crippen LogP contribution is -2.16. The molecule has 4 aromatic rings. The molecular weight excluding hydrogens is 390 g/mol. The second kappa shape index (κ2) is 7.69. The van der Waals surface area contributed by atoms with E-state index in [2.05, 4.69) is 43.6 Å². The highest BCUT2D eigenvalue weighted by Crippen LogP contribution is 2.41. The lowest BCUT2D eigenvalue weighted by Gasteiger charge is -2.22. The molecular formula is C24H21N5S. The molecule has 0 fully saturated rings. The summed E-state index contributed by atoms with van der Waals surface area (Å²) in [6.07, 6.45) is 3.56. The van der Waals surface area contributed by atoms with Crippen molar-refractivity contribution in [2.24, 2.45) is 0 Å². The van der Waals surface area contributed by atoms with E-state index in [0.717, 1.165) is 27.7 Å². The Morgan fingerprint density at radius 3 is 2.47 bits per heavy atom. The van der Waals surface area contributed by atoms with E-state index in [0.29, 0.717) is 15.8 Å². The van der Waals surface area contributed by atoms with Gasteiger partial charge in [-0.05, 0) is 17.7 Å². The van der Waals surface area contributed by atoms with Crippen LogP contribution in [-0.4, -0.2) is 15.2 Å². The third kappa shape index (κ3) is 3.56. The Hall–Kier alpha value is -3.56.